The maximum Gasteiger partial charge on any atom is 0.197 e. The molecule has 126 valence electrons. The normalized spacial score (nSPS) is 11.4. The second-order valence-electron chi connectivity index (χ2n) is 6.13. The highest BCUT2D eigenvalue weighted by molar-refractivity contribution is 5.93. The van der Waals surface area contributed by atoms with Crippen LogP contribution in [0, 0.1) is 0 Å². The summed E-state index contributed by atoms with van der Waals surface area (Å²) < 4.78 is 7.69. The van der Waals surface area contributed by atoms with Crippen LogP contribution in [0.15, 0.2) is 53.3 Å². The molecule has 1 heterocycles. The molecule has 0 aliphatic rings. The largest absolute Gasteiger partial charge is 0.382 e. The van der Waals surface area contributed by atoms with Gasteiger partial charge in [0.15, 0.2) is 5.43 Å². The molecule has 0 N–H and O–H groups in total. The first kappa shape index (κ1) is 16.7. The van der Waals surface area contributed by atoms with Gasteiger partial charge in [-0.05, 0) is 44.0 Å². The zero-order valence-electron chi connectivity index (χ0n) is 14.3. The zero-order valence-corrected chi connectivity index (χ0v) is 14.3. The quantitative estimate of drug-likeness (QED) is 0.442. The molecule has 0 saturated carbocycles. The van der Waals surface area contributed by atoms with Crippen molar-refractivity contribution in [3.05, 3.63) is 58.8 Å². The van der Waals surface area contributed by atoms with Crippen LogP contribution in [0.2, 0.25) is 0 Å². The van der Waals surface area contributed by atoms with E-state index in [4.69, 9.17) is 4.74 Å². The Balaban J connectivity index is 1.83. The molecule has 0 radical (unpaired) electrons. The van der Waals surface area contributed by atoms with E-state index in [0.717, 1.165) is 54.4 Å². The number of aromatic nitrogens is 1. The van der Waals surface area contributed by atoms with E-state index in [1.54, 1.807) is 0 Å². The molecule has 0 aliphatic carbocycles. The number of fused-ring (bicyclic) bond motifs is 2. The SMILES string of the molecule is CCOCCCCCCn1c2ccccc2c(=O)c2ccccc21. The van der Waals surface area contributed by atoms with E-state index >= 15 is 0 Å². The molecule has 0 fully saturated rings. The second-order valence-corrected chi connectivity index (χ2v) is 6.13. The highest BCUT2D eigenvalue weighted by Crippen LogP contribution is 2.20. The third-order valence-corrected chi connectivity index (χ3v) is 4.50. The van der Waals surface area contributed by atoms with Gasteiger partial charge in [0.05, 0.1) is 11.0 Å². The Hall–Kier alpha value is -2.13. The summed E-state index contributed by atoms with van der Waals surface area (Å²) >= 11 is 0. The molecule has 2 aromatic carbocycles. The molecule has 1 aromatic heterocycles. The topological polar surface area (TPSA) is 31.2 Å². The number of para-hydroxylation sites is 2. The summed E-state index contributed by atoms with van der Waals surface area (Å²) in [5, 5.41) is 1.63. The summed E-state index contributed by atoms with van der Waals surface area (Å²) in [4.78, 5) is 12.7. The first-order valence-electron chi connectivity index (χ1n) is 8.91. The fourth-order valence-electron chi connectivity index (χ4n) is 3.29. The number of ether oxygens (including phenoxy) is 1. The number of pyridine rings is 1. The van der Waals surface area contributed by atoms with Crippen molar-refractivity contribution < 1.29 is 4.74 Å². The first-order valence-corrected chi connectivity index (χ1v) is 8.91. The number of unbranched alkanes of at least 4 members (excludes halogenated alkanes) is 3. The van der Waals surface area contributed by atoms with Crippen LogP contribution in [0.3, 0.4) is 0 Å². The summed E-state index contributed by atoms with van der Waals surface area (Å²) in [5.41, 5.74) is 2.21. The van der Waals surface area contributed by atoms with Crippen molar-refractivity contribution in [1.82, 2.24) is 4.57 Å². The van der Waals surface area contributed by atoms with Gasteiger partial charge in [0.1, 0.15) is 0 Å². The van der Waals surface area contributed by atoms with Gasteiger partial charge in [-0.1, -0.05) is 37.1 Å². The highest BCUT2D eigenvalue weighted by Gasteiger charge is 2.09. The van der Waals surface area contributed by atoms with Gasteiger partial charge in [0, 0.05) is 30.5 Å². The van der Waals surface area contributed by atoms with Gasteiger partial charge in [0.25, 0.3) is 0 Å². The third-order valence-electron chi connectivity index (χ3n) is 4.50. The molecule has 3 rings (SSSR count). The Bertz CT molecular complexity index is 806. The molecular weight excluding hydrogens is 298 g/mol. The van der Waals surface area contributed by atoms with Crippen LogP contribution in [-0.2, 0) is 11.3 Å². The highest BCUT2D eigenvalue weighted by atomic mass is 16.5. The van der Waals surface area contributed by atoms with E-state index in [2.05, 4.69) is 16.7 Å². The summed E-state index contributed by atoms with van der Waals surface area (Å²) in [6.07, 6.45) is 4.61. The number of benzene rings is 2. The van der Waals surface area contributed by atoms with Crippen molar-refractivity contribution in [2.24, 2.45) is 0 Å². The molecule has 0 amide bonds. The van der Waals surface area contributed by atoms with Gasteiger partial charge < -0.3 is 9.30 Å². The minimum absolute atomic E-state index is 0.133. The van der Waals surface area contributed by atoms with Gasteiger partial charge in [-0.2, -0.15) is 0 Å². The van der Waals surface area contributed by atoms with Crippen molar-refractivity contribution in [2.45, 2.75) is 39.2 Å². The Kier molecular flexibility index (Phi) is 5.65. The average molecular weight is 323 g/mol. The van der Waals surface area contributed by atoms with Gasteiger partial charge >= 0.3 is 0 Å². The number of hydrogen-bond donors (Lipinski definition) is 0. The van der Waals surface area contributed by atoms with Crippen LogP contribution in [0.4, 0.5) is 0 Å². The minimum Gasteiger partial charge on any atom is -0.382 e. The number of rotatable bonds is 8. The lowest BCUT2D eigenvalue weighted by atomic mass is 10.1. The van der Waals surface area contributed by atoms with Crippen LogP contribution in [-0.4, -0.2) is 17.8 Å². The molecule has 0 bridgehead atoms. The van der Waals surface area contributed by atoms with Crippen LogP contribution < -0.4 is 5.43 Å². The monoisotopic (exact) mass is 323 g/mol. The predicted octanol–water partition coefficient (Wildman–Crippen LogP) is 4.75. The van der Waals surface area contributed by atoms with Crippen molar-refractivity contribution in [2.75, 3.05) is 13.2 Å². The molecule has 0 aliphatic heterocycles. The van der Waals surface area contributed by atoms with Crippen molar-refractivity contribution in [3.63, 3.8) is 0 Å². The van der Waals surface area contributed by atoms with Crippen LogP contribution >= 0.6 is 0 Å². The number of hydrogen-bond acceptors (Lipinski definition) is 2. The number of nitrogens with zero attached hydrogens (tertiary/aromatic N) is 1. The van der Waals surface area contributed by atoms with E-state index in [9.17, 15) is 4.79 Å². The predicted molar refractivity (Wildman–Crippen MR) is 101 cm³/mol. The average Bonchev–Trinajstić information content (AvgIpc) is 2.63. The van der Waals surface area contributed by atoms with Crippen molar-refractivity contribution >= 4 is 21.8 Å². The second kappa shape index (κ2) is 8.11. The van der Waals surface area contributed by atoms with Gasteiger partial charge in [-0.15, -0.1) is 0 Å². The van der Waals surface area contributed by atoms with Gasteiger partial charge in [0.2, 0.25) is 0 Å². The Morgan fingerprint density at radius 3 is 2.04 bits per heavy atom. The van der Waals surface area contributed by atoms with E-state index < -0.39 is 0 Å². The Labute approximate surface area is 142 Å². The standard InChI is InChI=1S/C21H25NO2/c1-2-24-16-10-4-3-9-15-22-19-13-7-5-11-17(19)21(23)18-12-6-8-14-20(18)22/h5-8,11-14H,2-4,9-10,15-16H2,1H3. The smallest absolute Gasteiger partial charge is 0.197 e. The zero-order chi connectivity index (χ0) is 16.8. The fourth-order valence-corrected chi connectivity index (χ4v) is 3.29. The molecule has 0 spiro atoms. The lowest BCUT2D eigenvalue weighted by Crippen LogP contribution is -2.11. The Morgan fingerprint density at radius 1 is 0.833 bits per heavy atom. The molecule has 3 nitrogen and oxygen atoms in total. The first-order chi connectivity index (χ1) is 11.8. The molecule has 0 saturated heterocycles. The van der Waals surface area contributed by atoms with E-state index in [-0.39, 0.29) is 5.43 Å². The van der Waals surface area contributed by atoms with E-state index in [1.165, 1.54) is 12.8 Å². The van der Waals surface area contributed by atoms with E-state index in [1.807, 2.05) is 43.3 Å². The molecule has 3 heteroatoms. The maximum atomic E-state index is 12.7. The molecule has 0 unspecified atom stereocenters. The minimum atomic E-state index is 0.133. The lowest BCUT2D eigenvalue weighted by molar-refractivity contribution is 0.143. The van der Waals surface area contributed by atoms with Crippen molar-refractivity contribution in [3.8, 4) is 0 Å². The summed E-state index contributed by atoms with van der Waals surface area (Å²) in [6.45, 7) is 4.64. The summed E-state index contributed by atoms with van der Waals surface area (Å²) in [5.74, 6) is 0. The summed E-state index contributed by atoms with van der Waals surface area (Å²) in [7, 11) is 0. The maximum absolute atomic E-state index is 12.7. The van der Waals surface area contributed by atoms with Crippen molar-refractivity contribution in [1.29, 1.82) is 0 Å². The van der Waals surface area contributed by atoms with Gasteiger partial charge in [-0.3, -0.25) is 4.79 Å². The molecular formula is C21H25NO2. The molecule has 3 aromatic rings. The van der Waals surface area contributed by atoms with E-state index in [0.29, 0.717) is 0 Å². The lowest BCUT2D eigenvalue weighted by Gasteiger charge is -2.15. The van der Waals surface area contributed by atoms with Crippen LogP contribution in [0.1, 0.15) is 32.6 Å². The Morgan fingerprint density at radius 2 is 1.42 bits per heavy atom. The van der Waals surface area contributed by atoms with Crippen LogP contribution in [0.5, 0.6) is 0 Å². The number of aryl methyl sites for hydroxylation is 1. The fraction of sp³-hybridized carbons (Fsp3) is 0.381. The van der Waals surface area contributed by atoms with Crippen LogP contribution in [0.25, 0.3) is 21.8 Å². The third kappa shape index (κ3) is 3.51. The molecule has 24 heavy (non-hydrogen) atoms. The van der Waals surface area contributed by atoms with Gasteiger partial charge in [-0.25, -0.2) is 0 Å². The molecule has 0 atom stereocenters. The summed E-state index contributed by atoms with van der Waals surface area (Å²) in [6, 6.07) is 15.9.